The van der Waals surface area contributed by atoms with Crippen molar-refractivity contribution >= 4 is 5.52 Å². The number of aromatic nitrogens is 3. The minimum Gasteiger partial charge on any atom is -0.316 e. The van der Waals surface area contributed by atoms with Gasteiger partial charge >= 0.3 is 5.69 Å². The van der Waals surface area contributed by atoms with Crippen LogP contribution in [0.3, 0.4) is 0 Å². The predicted octanol–water partition coefficient (Wildman–Crippen LogP) is 0.0995. The SMILES string of the molecule is O=c1[nH]c(C2CCNC2)cc2ccnn12. The monoisotopic (exact) mass is 204 g/mol. The molecule has 5 heteroatoms. The van der Waals surface area contributed by atoms with Crippen molar-refractivity contribution < 1.29 is 0 Å². The first kappa shape index (κ1) is 8.67. The molecule has 0 amide bonds. The molecule has 1 aliphatic rings. The topological polar surface area (TPSA) is 62.2 Å². The molecule has 2 aromatic rings. The summed E-state index contributed by atoms with van der Waals surface area (Å²) in [5.74, 6) is 0.428. The molecular weight excluding hydrogens is 192 g/mol. The van der Waals surface area contributed by atoms with Crippen molar-refractivity contribution in [2.24, 2.45) is 0 Å². The lowest BCUT2D eigenvalue weighted by Crippen LogP contribution is -2.20. The Balaban J connectivity index is 2.15. The summed E-state index contributed by atoms with van der Waals surface area (Å²) in [6.07, 6.45) is 2.72. The Morgan fingerprint density at radius 3 is 3.27 bits per heavy atom. The lowest BCUT2D eigenvalue weighted by Gasteiger charge is -2.08. The second kappa shape index (κ2) is 3.20. The van der Waals surface area contributed by atoms with Crippen molar-refractivity contribution in [1.82, 2.24) is 19.9 Å². The van der Waals surface area contributed by atoms with Crippen molar-refractivity contribution in [3.63, 3.8) is 0 Å². The average molecular weight is 204 g/mol. The van der Waals surface area contributed by atoms with Gasteiger partial charge in [0, 0.05) is 18.2 Å². The Morgan fingerprint density at radius 2 is 2.47 bits per heavy atom. The highest BCUT2D eigenvalue weighted by Gasteiger charge is 2.18. The minimum absolute atomic E-state index is 0.153. The molecule has 1 saturated heterocycles. The molecule has 0 aliphatic carbocycles. The van der Waals surface area contributed by atoms with Crippen LogP contribution >= 0.6 is 0 Å². The van der Waals surface area contributed by atoms with Crippen LogP contribution in [-0.4, -0.2) is 27.7 Å². The van der Waals surface area contributed by atoms with Gasteiger partial charge in [0.05, 0.1) is 11.7 Å². The molecule has 3 rings (SSSR count). The van der Waals surface area contributed by atoms with Crippen LogP contribution < -0.4 is 11.0 Å². The van der Waals surface area contributed by atoms with E-state index < -0.39 is 0 Å². The molecule has 2 N–H and O–H groups in total. The zero-order valence-electron chi connectivity index (χ0n) is 8.23. The van der Waals surface area contributed by atoms with Gasteiger partial charge < -0.3 is 10.3 Å². The first-order valence-electron chi connectivity index (χ1n) is 5.12. The van der Waals surface area contributed by atoms with E-state index in [1.165, 1.54) is 4.52 Å². The van der Waals surface area contributed by atoms with Gasteiger partial charge in [-0.15, -0.1) is 0 Å². The number of nitrogens with one attached hydrogen (secondary N) is 2. The fourth-order valence-corrected chi connectivity index (χ4v) is 2.10. The molecule has 2 aromatic heterocycles. The fourth-order valence-electron chi connectivity index (χ4n) is 2.10. The number of nitrogens with zero attached hydrogens (tertiary/aromatic N) is 2. The molecule has 78 valence electrons. The molecule has 0 bridgehead atoms. The summed E-state index contributed by atoms with van der Waals surface area (Å²) in [5.41, 5.74) is 1.72. The lowest BCUT2D eigenvalue weighted by atomic mass is 10.0. The molecule has 15 heavy (non-hydrogen) atoms. The second-order valence-corrected chi connectivity index (χ2v) is 3.89. The summed E-state index contributed by atoms with van der Waals surface area (Å²) in [4.78, 5) is 14.5. The number of aromatic amines is 1. The van der Waals surface area contributed by atoms with Crippen LogP contribution in [0.5, 0.6) is 0 Å². The Kier molecular flexibility index (Phi) is 1.85. The zero-order chi connectivity index (χ0) is 10.3. The summed E-state index contributed by atoms with van der Waals surface area (Å²) in [7, 11) is 0. The van der Waals surface area contributed by atoms with E-state index in [1.807, 2.05) is 12.1 Å². The maximum Gasteiger partial charge on any atom is 0.346 e. The van der Waals surface area contributed by atoms with E-state index in [0.717, 1.165) is 30.7 Å². The van der Waals surface area contributed by atoms with Crippen LogP contribution in [0.2, 0.25) is 0 Å². The second-order valence-electron chi connectivity index (χ2n) is 3.89. The maximum absolute atomic E-state index is 11.6. The molecule has 0 spiro atoms. The third-order valence-corrected chi connectivity index (χ3v) is 2.92. The van der Waals surface area contributed by atoms with Gasteiger partial charge in [0.2, 0.25) is 0 Å². The number of hydrogen-bond donors (Lipinski definition) is 2. The summed E-state index contributed by atoms with van der Waals surface area (Å²) in [5, 5.41) is 7.23. The maximum atomic E-state index is 11.6. The molecule has 5 nitrogen and oxygen atoms in total. The van der Waals surface area contributed by atoms with Gasteiger partial charge in [0.25, 0.3) is 0 Å². The van der Waals surface area contributed by atoms with Crippen molar-refractivity contribution in [3.05, 3.63) is 34.5 Å². The predicted molar refractivity (Wildman–Crippen MR) is 56.0 cm³/mol. The highest BCUT2D eigenvalue weighted by atomic mass is 16.1. The van der Waals surface area contributed by atoms with Crippen molar-refractivity contribution in [2.45, 2.75) is 12.3 Å². The largest absolute Gasteiger partial charge is 0.346 e. The van der Waals surface area contributed by atoms with Gasteiger partial charge in [-0.3, -0.25) is 0 Å². The van der Waals surface area contributed by atoms with E-state index >= 15 is 0 Å². The Labute approximate surface area is 86.1 Å². The van der Waals surface area contributed by atoms with Gasteiger partial charge in [-0.1, -0.05) is 0 Å². The van der Waals surface area contributed by atoms with E-state index in [4.69, 9.17) is 0 Å². The van der Waals surface area contributed by atoms with Crippen LogP contribution in [0, 0.1) is 0 Å². The zero-order valence-corrected chi connectivity index (χ0v) is 8.23. The van der Waals surface area contributed by atoms with Gasteiger partial charge in [-0.05, 0) is 25.1 Å². The molecular formula is C10H12N4O. The van der Waals surface area contributed by atoms with Crippen LogP contribution in [-0.2, 0) is 0 Å². The van der Waals surface area contributed by atoms with Gasteiger partial charge in [-0.25, -0.2) is 4.79 Å². The lowest BCUT2D eigenvalue weighted by molar-refractivity contribution is 0.714. The number of fused-ring (bicyclic) bond motifs is 1. The molecule has 0 aromatic carbocycles. The summed E-state index contributed by atoms with van der Waals surface area (Å²) < 4.78 is 1.38. The average Bonchev–Trinajstić information content (AvgIpc) is 2.88. The summed E-state index contributed by atoms with van der Waals surface area (Å²) in [6, 6.07) is 3.85. The van der Waals surface area contributed by atoms with E-state index in [2.05, 4.69) is 15.4 Å². The van der Waals surface area contributed by atoms with Gasteiger partial charge in [0.15, 0.2) is 0 Å². The highest BCUT2D eigenvalue weighted by Crippen LogP contribution is 2.19. The van der Waals surface area contributed by atoms with Crippen LogP contribution in [0.25, 0.3) is 5.52 Å². The van der Waals surface area contributed by atoms with Crippen LogP contribution in [0.1, 0.15) is 18.0 Å². The molecule has 0 radical (unpaired) electrons. The molecule has 1 unspecified atom stereocenters. The third kappa shape index (κ3) is 1.35. The number of rotatable bonds is 1. The van der Waals surface area contributed by atoms with E-state index in [9.17, 15) is 4.79 Å². The van der Waals surface area contributed by atoms with Crippen LogP contribution in [0.15, 0.2) is 23.1 Å². The highest BCUT2D eigenvalue weighted by molar-refractivity contribution is 5.46. The van der Waals surface area contributed by atoms with E-state index in [-0.39, 0.29) is 5.69 Å². The minimum atomic E-state index is -0.153. The summed E-state index contributed by atoms with van der Waals surface area (Å²) in [6.45, 7) is 1.97. The number of H-pyrrole nitrogens is 1. The first-order chi connectivity index (χ1) is 7.34. The van der Waals surface area contributed by atoms with Crippen molar-refractivity contribution in [3.8, 4) is 0 Å². The molecule has 1 fully saturated rings. The first-order valence-corrected chi connectivity index (χ1v) is 5.12. The quantitative estimate of drug-likeness (QED) is 0.692. The normalized spacial score (nSPS) is 21.2. The van der Waals surface area contributed by atoms with Crippen LogP contribution in [0.4, 0.5) is 0 Å². The van der Waals surface area contributed by atoms with E-state index in [0.29, 0.717) is 5.92 Å². The van der Waals surface area contributed by atoms with Gasteiger partial charge in [-0.2, -0.15) is 9.61 Å². The Morgan fingerprint density at radius 1 is 1.53 bits per heavy atom. The van der Waals surface area contributed by atoms with E-state index in [1.54, 1.807) is 6.20 Å². The van der Waals surface area contributed by atoms with Crippen molar-refractivity contribution in [1.29, 1.82) is 0 Å². The standard InChI is InChI=1S/C10H12N4O/c15-10-13-9(7-1-3-11-6-7)5-8-2-4-12-14(8)10/h2,4-5,7,11H,1,3,6H2,(H,13,15). The molecule has 1 aliphatic heterocycles. The Hall–Kier alpha value is -1.62. The fraction of sp³-hybridized carbons (Fsp3) is 0.400. The Bertz CT molecular complexity index is 536. The van der Waals surface area contributed by atoms with Gasteiger partial charge in [0.1, 0.15) is 0 Å². The molecule has 0 saturated carbocycles. The molecule has 3 heterocycles. The third-order valence-electron chi connectivity index (χ3n) is 2.92. The summed E-state index contributed by atoms with van der Waals surface area (Å²) >= 11 is 0. The smallest absolute Gasteiger partial charge is 0.316 e. The number of hydrogen-bond acceptors (Lipinski definition) is 3. The molecule has 1 atom stereocenters. The van der Waals surface area contributed by atoms with Crippen molar-refractivity contribution in [2.75, 3.05) is 13.1 Å².